The fourth-order valence-corrected chi connectivity index (χ4v) is 2.18. The molecule has 0 amide bonds. The van der Waals surface area contributed by atoms with Crippen LogP contribution in [0.4, 0.5) is 5.82 Å². The monoisotopic (exact) mass is 291 g/mol. The summed E-state index contributed by atoms with van der Waals surface area (Å²) in [7, 11) is 2.00. The molecule has 0 fully saturated rings. The van der Waals surface area contributed by atoms with Crippen LogP contribution < -0.4 is 11.3 Å². The Morgan fingerprint density at radius 3 is 2.70 bits per heavy atom. The molecule has 0 radical (unpaired) electrons. The number of anilines is 1. The summed E-state index contributed by atoms with van der Waals surface area (Å²) in [6.07, 6.45) is 0. The third kappa shape index (κ3) is 3.90. The van der Waals surface area contributed by atoms with Gasteiger partial charge in [0.2, 0.25) is 0 Å². The SMILES string of the molecule is Cc1cc(NN)nc(CN(C)Cc2ccccc2Cl)n1. The van der Waals surface area contributed by atoms with Gasteiger partial charge in [0.25, 0.3) is 0 Å². The topological polar surface area (TPSA) is 67.1 Å². The zero-order valence-corrected chi connectivity index (χ0v) is 12.4. The molecule has 0 bridgehead atoms. The molecule has 0 aliphatic rings. The summed E-state index contributed by atoms with van der Waals surface area (Å²) < 4.78 is 0. The van der Waals surface area contributed by atoms with Crippen molar-refractivity contribution in [1.82, 2.24) is 14.9 Å². The molecule has 3 N–H and O–H groups in total. The van der Waals surface area contributed by atoms with E-state index in [0.717, 1.165) is 28.6 Å². The van der Waals surface area contributed by atoms with Gasteiger partial charge in [-0.2, -0.15) is 0 Å². The van der Waals surface area contributed by atoms with Gasteiger partial charge in [0.1, 0.15) is 11.6 Å². The van der Waals surface area contributed by atoms with Crippen LogP contribution in [-0.4, -0.2) is 21.9 Å². The minimum atomic E-state index is 0.624. The Labute approximate surface area is 123 Å². The summed E-state index contributed by atoms with van der Waals surface area (Å²) in [5, 5.41) is 0.772. The Balaban J connectivity index is 2.06. The molecule has 0 spiro atoms. The molecule has 1 aromatic carbocycles. The highest BCUT2D eigenvalue weighted by molar-refractivity contribution is 6.31. The van der Waals surface area contributed by atoms with Gasteiger partial charge >= 0.3 is 0 Å². The lowest BCUT2D eigenvalue weighted by atomic mass is 10.2. The Kier molecular flexibility index (Phi) is 4.89. The first-order valence-corrected chi connectivity index (χ1v) is 6.69. The van der Waals surface area contributed by atoms with E-state index in [1.807, 2.05) is 38.2 Å². The molecule has 106 valence electrons. The first kappa shape index (κ1) is 14.7. The van der Waals surface area contributed by atoms with Crippen molar-refractivity contribution >= 4 is 17.4 Å². The largest absolute Gasteiger partial charge is 0.308 e. The van der Waals surface area contributed by atoms with Gasteiger partial charge < -0.3 is 5.43 Å². The molecular formula is C14H18ClN5. The van der Waals surface area contributed by atoms with Crippen LogP contribution in [0.15, 0.2) is 30.3 Å². The van der Waals surface area contributed by atoms with Crippen LogP contribution in [0.5, 0.6) is 0 Å². The summed E-state index contributed by atoms with van der Waals surface area (Å²) in [6.45, 7) is 3.28. The molecule has 2 rings (SSSR count). The van der Waals surface area contributed by atoms with E-state index in [0.29, 0.717) is 12.4 Å². The summed E-state index contributed by atoms with van der Waals surface area (Å²) in [4.78, 5) is 10.8. The number of benzene rings is 1. The van der Waals surface area contributed by atoms with E-state index in [2.05, 4.69) is 20.3 Å². The lowest BCUT2D eigenvalue weighted by Crippen LogP contribution is -2.20. The molecule has 1 heterocycles. The van der Waals surface area contributed by atoms with Gasteiger partial charge in [0.05, 0.1) is 6.54 Å². The second kappa shape index (κ2) is 6.65. The van der Waals surface area contributed by atoms with E-state index in [1.54, 1.807) is 6.07 Å². The zero-order chi connectivity index (χ0) is 14.5. The van der Waals surface area contributed by atoms with Crippen molar-refractivity contribution in [2.24, 2.45) is 5.84 Å². The van der Waals surface area contributed by atoms with Crippen LogP contribution in [0.2, 0.25) is 5.02 Å². The van der Waals surface area contributed by atoms with Gasteiger partial charge in [0, 0.05) is 23.3 Å². The van der Waals surface area contributed by atoms with Gasteiger partial charge in [-0.15, -0.1) is 0 Å². The van der Waals surface area contributed by atoms with Gasteiger partial charge in [-0.3, -0.25) is 4.90 Å². The van der Waals surface area contributed by atoms with Crippen molar-refractivity contribution in [3.63, 3.8) is 0 Å². The second-order valence-electron chi connectivity index (χ2n) is 4.72. The predicted molar refractivity (Wildman–Crippen MR) is 81.2 cm³/mol. The van der Waals surface area contributed by atoms with Gasteiger partial charge in [0.15, 0.2) is 0 Å². The second-order valence-corrected chi connectivity index (χ2v) is 5.13. The van der Waals surface area contributed by atoms with Crippen LogP contribution >= 0.6 is 11.6 Å². The molecule has 0 saturated heterocycles. The molecule has 0 aliphatic carbocycles. The highest BCUT2D eigenvalue weighted by Gasteiger charge is 2.08. The first-order chi connectivity index (χ1) is 9.58. The minimum absolute atomic E-state index is 0.624. The van der Waals surface area contributed by atoms with Gasteiger partial charge in [-0.25, -0.2) is 15.8 Å². The lowest BCUT2D eigenvalue weighted by molar-refractivity contribution is 0.310. The number of aryl methyl sites for hydroxylation is 1. The van der Waals surface area contributed by atoms with Crippen molar-refractivity contribution in [3.8, 4) is 0 Å². The quantitative estimate of drug-likeness (QED) is 0.654. The zero-order valence-electron chi connectivity index (χ0n) is 11.6. The van der Waals surface area contributed by atoms with Crippen molar-refractivity contribution in [3.05, 3.63) is 52.4 Å². The Morgan fingerprint density at radius 1 is 1.25 bits per heavy atom. The maximum absolute atomic E-state index is 6.16. The highest BCUT2D eigenvalue weighted by atomic mass is 35.5. The molecule has 2 aromatic rings. The van der Waals surface area contributed by atoms with E-state index < -0.39 is 0 Å². The van der Waals surface area contributed by atoms with Gasteiger partial charge in [-0.1, -0.05) is 29.8 Å². The molecule has 0 atom stereocenters. The summed E-state index contributed by atoms with van der Waals surface area (Å²) in [5.41, 5.74) is 4.52. The third-order valence-corrected chi connectivity index (χ3v) is 3.23. The van der Waals surface area contributed by atoms with Crippen LogP contribution in [0.25, 0.3) is 0 Å². The van der Waals surface area contributed by atoms with Crippen LogP contribution in [0, 0.1) is 6.92 Å². The van der Waals surface area contributed by atoms with E-state index in [-0.39, 0.29) is 0 Å². The molecule has 6 heteroatoms. The average molecular weight is 292 g/mol. The Morgan fingerprint density at radius 2 is 2.00 bits per heavy atom. The fourth-order valence-electron chi connectivity index (χ4n) is 1.99. The van der Waals surface area contributed by atoms with E-state index in [9.17, 15) is 0 Å². The van der Waals surface area contributed by atoms with Crippen molar-refractivity contribution in [1.29, 1.82) is 0 Å². The number of aromatic nitrogens is 2. The van der Waals surface area contributed by atoms with Crippen LogP contribution in [0.3, 0.4) is 0 Å². The van der Waals surface area contributed by atoms with E-state index in [1.165, 1.54) is 0 Å². The van der Waals surface area contributed by atoms with Crippen LogP contribution in [-0.2, 0) is 13.1 Å². The number of rotatable bonds is 5. The lowest BCUT2D eigenvalue weighted by Gasteiger charge is -2.17. The summed E-state index contributed by atoms with van der Waals surface area (Å²) >= 11 is 6.16. The summed E-state index contributed by atoms with van der Waals surface area (Å²) in [6, 6.07) is 9.62. The van der Waals surface area contributed by atoms with Gasteiger partial charge in [-0.05, 0) is 25.6 Å². The van der Waals surface area contributed by atoms with Crippen molar-refractivity contribution in [2.75, 3.05) is 12.5 Å². The minimum Gasteiger partial charge on any atom is -0.308 e. The predicted octanol–water partition coefficient (Wildman–Crippen LogP) is 2.36. The maximum Gasteiger partial charge on any atom is 0.145 e. The highest BCUT2D eigenvalue weighted by Crippen LogP contribution is 2.17. The number of hydrogen-bond donors (Lipinski definition) is 2. The third-order valence-electron chi connectivity index (χ3n) is 2.86. The number of nitrogens with zero attached hydrogens (tertiary/aromatic N) is 3. The molecule has 1 aromatic heterocycles. The number of halogens is 1. The smallest absolute Gasteiger partial charge is 0.145 e. The standard InChI is InChI=1S/C14H18ClN5/c1-10-7-13(19-16)18-14(17-10)9-20(2)8-11-5-3-4-6-12(11)15/h3-7H,8-9,16H2,1-2H3,(H,17,18,19). The van der Waals surface area contributed by atoms with E-state index in [4.69, 9.17) is 17.4 Å². The average Bonchev–Trinajstić information content (AvgIpc) is 2.40. The molecule has 0 aliphatic heterocycles. The fraction of sp³-hybridized carbons (Fsp3) is 0.286. The molecule has 5 nitrogen and oxygen atoms in total. The molecule has 0 saturated carbocycles. The molecule has 20 heavy (non-hydrogen) atoms. The van der Waals surface area contributed by atoms with Crippen molar-refractivity contribution in [2.45, 2.75) is 20.0 Å². The number of nitrogen functional groups attached to an aromatic ring is 1. The maximum atomic E-state index is 6.16. The van der Waals surface area contributed by atoms with Crippen LogP contribution in [0.1, 0.15) is 17.1 Å². The van der Waals surface area contributed by atoms with E-state index >= 15 is 0 Å². The Hall–Kier alpha value is -1.69. The summed E-state index contributed by atoms with van der Waals surface area (Å²) in [5.74, 6) is 6.74. The number of nitrogens with one attached hydrogen (secondary N) is 1. The first-order valence-electron chi connectivity index (χ1n) is 6.31. The Bertz CT molecular complexity index is 588. The number of hydrogen-bond acceptors (Lipinski definition) is 5. The molecule has 0 unspecified atom stereocenters. The van der Waals surface area contributed by atoms with Crippen molar-refractivity contribution < 1.29 is 0 Å². The number of hydrazine groups is 1. The number of nitrogens with two attached hydrogens (primary N) is 1. The molecular weight excluding hydrogens is 274 g/mol. The normalized spacial score (nSPS) is 10.8.